The van der Waals surface area contributed by atoms with Crippen LogP contribution in [-0.4, -0.2) is 24.1 Å². The summed E-state index contributed by atoms with van der Waals surface area (Å²) in [4.78, 5) is 8.34. The summed E-state index contributed by atoms with van der Waals surface area (Å²) in [6, 6.07) is 6.62. The first-order valence-electron chi connectivity index (χ1n) is 6.47. The molecule has 0 radical (unpaired) electrons. The second kappa shape index (κ2) is 7.26. The molecule has 4 nitrogen and oxygen atoms in total. The van der Waals surface area contributed by atoms with Crippen molar-refractivity contribution in [2.75, 3.05) is 14.2 Å². The van der Waals surface area contributed by atoms with E-state index in [1.807, 2.05) is 13.1 Å². The fourth-order valence-corrected chi connectivity index (χ4v) is 2.66. The Morgan fingerprint density at radius 2 is 2.20 bits per heavy atom. The van der Waals surface area contributed by atoms with E-state index in [2.05, 4.69) is 34.3 Å². The number of rotatable bonds is 6. The summed E-state index contributed by atoms with van der Waals surface area (Å²) in [7, 11) is 3.66. The Balaban J connectivity index is 2.16. The van der Waals surface area contributed by atoms with E-state index in [0.717, 1.165) is 16.5 Å². The molecule has 2 rings (SSSR count). The molecule has 1 unspecified atom stereocenters. The Bertz CT molecular complexity index is 548. The molecule has 5 heteroatoms. The van der Waals surface area contributed by atoms with Crippen LogP contribution in [0, 0.1) is 0 Å². The van der Waals surface area contributed by atoms with E-state index in [4.69, 9.17) is 4.74 Å². The van der Waals surface area contributed by atoms with E-state index in [-0.39, 0.29) is 0 Å². The van der Waals surface area contributed by atoms with Gasteiger partial charge in [-0.3, -0.25) is 4.98 Å². The maximum atomic E-state index is 5.43. The molecule has 0 aliphatic rings. The van der Waals surface area contributed by atoms with Gasteiger partial charge < -0.3 is 10.1 Å². The quantitative estimate of drug-likeness (QED) is 0.828. The second-order valence-electron chi connectivity index (χ2n) is 4.41. The van der Waals surface area contributed by atoms with E-state index < -0.39 is 0 Å². The SMILES string of the molecule is CNC(C)c1ccc(OC)c(CSc2cnccn2)c1. The highest BCUT2D eigenvalue weighted by atomic mass is 32.2. The fraction of sp³-hybridized carbons (Fsp3) is 0.333. The Labute approximate surface area is 124 Å². The molecule has 0 bridgehead atoms. The Kier molecular flexibility index (Phi) is 5.38. The monoisotopic (exact) mass is 289 g/mol. The molecule has 2 aromatic rings. The topological polar surface area (TPSA) is 47.0 Å². The molecule has 106 valence electrons. The first-order chi connectivity index (χ1) is 9.74. The predicted molar refractivity (Wildman–Crippen MR) is 82.1 cm³/mol. The van der Waals surface area contributed by atoms with E-state index >= 15 is 0 Å². The van der Waals surface area contributed by atoms with Crippen LogP contribution in [-0.2, 0) is 5.75 Å². The van der Waals surface area contributed by atoms with E-state index in [0.29, 0.717) is 6.04 Å². The van der Waals surface area contributed by atoms with Crippen molar-refractivity contribution in [2.24, 2.45) is 0 Å². The van der Waals surface area contributed by atoms with Gasteiger partial charge in [0.25, 0.3) is 0 Å². The Hall–Kier alpha value is -1.59. The molecule has 0 amide bonds. The van der Waals surface area contributed by atoms with Gasteiger partial charge in [-0.2, -0.15) is 0 Å². The highest BCUT2D eigenvalue weighted by Gasteiger charge is 2.09. The lowest BCUT2D eigenvalue weighted by Gasteiger charge is -2.14. The van der Waals surface area contributed by atoms with Crippen molar-refractivity contribution < 1.29 is 4.74 Å². The van der Waals surface area contributed by atoms with Gasteiger partial charge in [0.2, 0.25) is 0 Å². The summed E-state index contributed by atoms with van der Waals surface area (Å²) in [5.41, 5.74) is 2.42. The summed E-state index contributed by atoms with van der Waals surface area (Å²) in [6.07, 6.45) is 5.16. The third kappa shape index (κ3) is 3.71. The molecule has 20 heavy (non-hydrogen) atoms. The van der Waals surface area contributed by atoms with Crippen molar-refractivity contribution in [3.05, 3.63) is 47.9 Å². The van der Waals surface area contributed by atoms with Crippen molar-refractivity contribution in [3.63, 3.8) is 0 Å². The van der Waals surface area contributed by atoms with Crippen molar-refractivity contribution in [2.45, 2.75) is 23.7 Å². The van der Waals surface area contributed by atoms with Crippen LogP contribution < -0.4 is 10.1 Å². The molecule has 1 heterocycles. The standard InChI is InChI=1S/C15H19N3OS/c1-11(16-2)12-4-5-14(19-3)13(8-12)10-20-15-9-17-6-7-18-15/h4-9,11,16H,10H2,1-3H3. The van der Waals surface area contributed by atoms with Crippen LogP contribution >= 0.6 is 11.8 Å². The predicted octanol–water partition coefficient (Wildman–Crippen LogP) is 3.06. The van der Waals surface area contributed by atoms with Crippen LogP contribution in [0.3, 0.4) is 0 Å². The van der Waals surface area contributed by atoms with Gasteiger partial charge in [0, 0.05) is 29.8 Å². The number of nitrogens with one attached hydrogen (secondary N) is 1. The largest absolute Gasteiger partial charge is 0.496 e. The van der Waals surface area contributed by atoms with Crippen molar-refractivity contribution in [3.8, 4) is 5.75 Å². The number of ether oxygens (including phenoxy) is 1. The lowest BCUT2D eigenvalue weighted by Crippen LogP contribution is -2.12. The van der Waals surface area contributed by atoms with Crippen LogP contribution in [0.5, 0.6) is 5.75 Å². The molecule has 0 aliphatic heterocycles. The van der Waals surface area contributed by atoms with Crippen LogP contribution in [0.15, 0.2) is 41.8 Å². The molecule has 1 N–H and O–H groups in total. The molecule has 1 atom stereocenters. The highest BCUT2D eigenvalue weighted by molar-refractivity contribution is 7.98. The van der Waals surface area contributed by atoms with Crippen molar-refractivity contribution >= 4 is 11.8 Å². The molecule has 0 saturated heterocycles. The summed E-state index contributed by atoms with van der Waals surface area (Å²) in [6.45, 7) is 2.14. The number of thioether (sulfide) groups is 1. The zero-order chi connectivity index (χ0) is 14.4. The summed E-state index contributed by atoms with van der Waals surface area (Å²) in [5, 5.41) is 4.17. The van der Waals surface area contributed by atoms with Gasteiger partial charge in [0.05, 0.1) is 13.3 Å². The smallest absolute Gasteiger partial charge is 0.122 e. The molecule has 1 aromatic carbocycles. The second-order valence-corrected chi connectivity index (χ2v) is 5.41. The summed E-state index contributed by atoms with van der Waals surface area (Å²) in [5.74, 6) is 1.72. The first kappa shape index (κ1) is 14.8. The van der Waals surface area contributed by atoms with Crippen LogP contribution in [0.25, 0.3) is 0 Å². The number of hydrogen-bond acceptors (Lipinski definition) is 5. The number of aromatic nitrogens is 2. The number of hydrogen-bond donors (Lipinski definition) is 1. The van der Waals surface area contributed by atoms with Crippen LogP contribution in [0.1, 0.15) is 24.1 Å². The lowest BCUT2D eigenvalue weighted by molar-refractivity contribution is 0.411. The molecule has 0 aliphatic carbocycles. The maximum absolute atomic E-state index is 5.43. The first-order valence-corrected chi connectivity index (χ1v) is 7.46. The summed E-state index contributed by atoms with van der Waals surface area (Å²) >= 11 is 1.66. The van der Waals surface area contributed by atoms with Gasteiger partial charge >= 0.3 is 0 Å². The van der Waals surface area contributed by atoms with E-state index in [9.17, 15) is 0 Å². The normalized spacial score (nSPS) is 12.2. The van der Waals surface area contributed by atoms with Gasteiger partial charge in [-0.25, -0.2) is 4.98 Å². The van der Waals surface area contributed by atoms with Gasteiger partial charge in [0.15, 0.2) is 0 Å². The molecular formula is C15H19N3OS. The average molecular weight is 289 g/mol. The molecular weight excluding hydrogens is 270 g/mol. The van der Waals surface area contributed by atoms with Crippen LogP contribution in [0.4, 0.5) is 0 Å². The lowest BCUT2D eigenvalue weighted by atomic mass is 10.1. The maximum Gasteiger partial charge on any atom is 0.122 e. The number of methoxy groups -OCH3 is 1. The zero-order valence-corrected chi connectivity index (χ0v) is 12.8. The minimum atomic E-state index is 0.321. The minimum Gasteiger partial charge on any atom is -0.496 e. The number of nitrogens with zero attached hydrogens (tertiary/aromatic N) is 2. The van der Waals surface area contributed by atoms with E-state index in [1.54, 1.807) is 37.5 Å². The fourth-order valence-electron chi connectivity index (χ4n) is 1.86. The van der Waals surface area contributed by atoms with Crippen LogP contribution in [0.2, 0.25) is 0 Å². The average Bonchev–Trinajstić information content (AvgIpc) is 2.52. The third-order valence-electron chi connectivity index (χ3n) is 3.15. The highest BCUT2D eigenvalue weighted by Crippen LogP contribution is 2.29. The van der Waals surface area contributed by atoms with Gasteiger partial charge in [-0.1, -0.05) is 17.8 Å². The molecule has 1 aromatic heterocycles. The molecule has 0 fully saturated rings. The molecule has 0 spiro atoms. The third-order valence-corrected chi connectivity index (χ3v) is 4.11. The summed E-state index contributed by atoms with van der Waals surface area (Å²) < 4.78 is 5.43. The van der Waals surface area contributed by atoms with Crippen molar-refractivity contribution in [1.29, 1.82) is 0 Å². The molecule has 0 saturated carbocycles. The van der Waals surface area contributed by atoms with Gasteiger partial charge in [0.1, 0.15) is 10.8 Å². The van der Waals surface area contributed by atoms with Gasteiger partial charge in [-0.05, 0) is 31.7 Å². The Morgan fingerprint density at radius 1 is 1.35 bits per heavy atom. The van der Waals surface area contributed by atoms with E-state index in [1.165, 1.54) is 11.1 Å². The minimum absolute atomic E-state index is 0.321. The van der Waals surface area contributed by atoms with Crippen molar-refractivity contribution in [1.82, 2.24) is 15.3 Å². The Morgan fingerprint density at radius 3 is 2.85 bits per heavy atom. The van der Waals surface area contributed by atoms with Gasteiger partial charge in [-0.15, -0.1) is 0 Å². The number of benzene rings is 1. The zero-order valence-electron chi connectivity index (χ0n) is 12.0.